The van der Waals surface area contributed by atoms with E-state index in [4.69, 9.17) is 9.29 Å². The van der Waals surface area contributed by atoms with E-state index in [0.29, 0.717) is 35.2 Å². The minimum Gasteiger partial charge on any atom is -0.475 e. The number of nitrogens with one attached hydrogen (secondary N) is 2. The van der Waals surface area contributed by atoms with Gasteiger partial charge in [0.05, 0.1) is 30.8 Å². The molecule has 33 heavy (non-hydrogen) atoms. The Morgan fingerprint density at radius 2 is 1.85 bits per heavy atom. The van der Waals surface area contributed by atoms with Crippen molar-refractivity contribution < 1.29 is 22.1 Å². The molecular weight excluding hydrogens is 455 g/mol. The van der Waals surface area contributed by atoms with Crippen LogP contribution in [0.5, 0.6) is 5.88 Å². The van der Waals surface area contributed by atoms with Gasteiger partial charge in [-0.1, -0.05) is 0 Å². The minimum absolute atomic E-state index is 0.0388. The van der Waals surface area contributed by atoms with Gasteiger partial charge in [0.1, 0.15) is 23.5 Å². The molecule has 176 valence electrons. The first-order chi connectivity index (χ1) is 15.5. The van der Waals surface area contributed by atoms with E-state index in [1.54, 1.807) is 17.0 Å². The van der Waals surface area contributed by atoms with Crippen molar-refractivity contribution in [2.75, 3.05) is 11.6 Å². The zero-order chi connectivity index (χ0) is 24.2. The lowest BCUT2D eigenvalue weighted by Crippen LogP contribution is -2.11. The van der Waals surface area contributed by atoms with Crippen LogP contribution in [0.4, 0.5) is 10.2 Å². The lowest BCUT2D eigenvalue weighted by molar-refractivity contribution is 0.232. The molecule has 0 spiro atoms. The van der Waals surface area contributed by atoms with Gasteiger partial charge in [0, 0.05) is 6.07 Å². The second-order valence-corrected chi connectivity index (χ2v) is 8.74. The summed E-state index contributed by atoms with van der Waals surface area (Å²) in [5.74, 6) is 1.81. The third-order valence-corrected chi connectivity index (χ3v) is 3.94. The van der Waals surface area contributed by atoms with Crippen LogP contribution >= 0.6 is 0 Å². The second kappa shape index (κ2) is 9.87. The van der Waals surface area contributed by atoms with Crippen molar-refractivity contribution in [1.82, 2.24) is 34.7 Å². The Labute approximate surface area is 189 Å². The molecule has 4 aromatic rings. The fraction of sp³-hybridized carbons (Fsp3) is 0.316. The average molecular weight is 479 g/mol. The van der Waals surface area contributed by atoms with Gasteiger partial charge in [-0.05, 0) is 32.9 Å². The molecule has 0 aromatic carbocycles. The Morgan fingerprint density at radius 3 is 2.48 bits per heavy atom. The molecule has 0 unspecified atom stereocenters. The first-order valence-corrected chi connectivity index (χ1v) is 11.6. The maximum atomic E-state index is 13.0. The van der Waals surface area contributed by atoms with Gasteiger partial charge in [-0.25, -0.2) is 29.4 Å². The Kier molecular flexibility index (Phi) is 7.18. The first-order valence-electron chi connectivity index (χ1n) is 9.72. The molecule has 4 aromatic heterocycles. The van der Waals surface area contributed by atoms with Crippen LogP contribution in [0.3, 0.4) is 0 Å². The quantitative estimate of drug-likeness (QED) is 0.351. The SMILES string of the molecule is CC(C)Oc1cc(-n2cnc3ccc(N[C@@H](C)c4ncc(F)cn4)nc32)n[nH]1.CS(=O)(=O)O. The Morgan fingerprint density at radius 1 is 1.18 bits per heavy atom. The number of H-pyrrole nitrogens is 1. The molecule has 12 nitrogen and oxygen atoms in total. The highest BCUT2D eigenvalue weighted by Crippen LogP contribution is 2.22. The smallest absolute Gasteiger partial charge is 0.261 e. The Hall–Kier alpha value is -3.65. The van der Waals surface area contributed by atoms with Crippen LogP contribution in [0.2, 0.25) is 0 Å². The number of hydrogen-bond donors (Lipinski definition) is 3. The standard InChI is InChI=1S/C18H19FN8O.CH4O3S/c1-10(2)28-16-6-15(25-26-16)27-9-22-13-4-5-14(24-18(13)27)23-11(3)17-20-7-12(19)8-21-17;1-5(2,3)4/h4-11H,1-3H3,(H,23,24)(H,25,26);1H3,(H,2,3,4)/t11-;/m0./s1. The molecule has 4 heterocycles. The predicted molar refractivity (Wildman–Crippen MR) is 118 cm³/mol. The van der Waals surface area contributed by atoms with E-state index < -0.39 is 15.9 Å². The first kappa shape index (κ1) is 24.0. The highest BCUT2D eigenvalue weighted by atomic mass is 32.2. The maximum Gasteiger partial charge on any atom is 0.261 e. The van der Waals surface area contributed by atoms with Crippen molar-refractivity contribution in [1.29, 1.82) is 0 Å². The summed E-state index contributed by atoms with van der Waals surface area (Å²) in [5, 5.41) is 10.3. The number of halogens is 1. The van der Waals surface area contributed by atoms with Crippen molar-refractivity contribution in [3.05, 3.63) is 48.6 Å². The highest BCUT2D eigenvalue weighted by Gasteiger charge is 2.14. The molecule has 0 bridgehead atoms. The van der Waals surface area contributed by atoms with Crippen LogP contribution in [0, 0.1) is 5.82 Å². The summed E-state index contributed by atoms with van der Waals surface area (Å²) < 4.78 is 46.3. The van der Waals surface area contributed by atoms with E-state index in [9.17, 15) is 12.8 Å². The van der Waals surface area contributed by atoms with Crippen molar-refractivity contribution in [3.63, 3.8) is 0 Å². The number of ether oxygens (including phenoxy) is 1. The van der Waals surface area contributed by atoms with Gasteiger partial charge in [0.2, 0.25) is 5.88 Å². The van der Waals surface area contributed by atoms with E-state index in [0.717, 1.165) is 17.9 Å². The van der Waals surface area contributed by atoms with Crippen LogP contribution in [-0.2, 0) is 10.1 Å². The zero-order valence-electron chi connectivity index (χ0n) is 18.3. The molecule has 0 amide bonds. The highest BCUT2D eigenvalue weighted by molar-refractivity contribution is 7.85. The molecule has 4 rings (SSSR count). The van der Waals surface area contributed by atoms with Gasteiger partial charge in [0.15, 0.2) is 17.3 Å². The van der Waals surface area contributed by atoms with Crippen LogP contribution in [-0.4, -0.2) is 60.0 Å². The number of rotatable bonds is 6. The fourth-order valence-corrected chi connectivity index (χ4v) is 2.71. The molecule has 0 aliphatic rings. The summed E-state index contributed by atoms with van der Waals surface area (Å²) in [6, 6.07) is 5.21. The van der Waals surface area contributed by atoms with Gasteiger partial charge >= 0.3 is 0 Å². The number of hydrogen-bond acceptors (Lipinski definition) is 9. The summed E-state index contributed by atoms with van der Waals surface area (Å²) in [4.78, 5) is 17.0. The normalized spacial score (nSPS) is 12.3. The van der Waals surface area contributed by atoms with E-state index in [1.807, 2.05) is 32.9 Å². The molecule has 14 heteroatoms. The summed E-state index contributed by atoms with van der Waals surface area (Å²) in [5.41, 5.74) is 1.37. The molecule has 1 atom stereocenters. The largest absolute Gasteiger partial charge is 0.475 e. The third kappa shape index (κ3) is 6.92. The van der Waals surface area contributed by atoms with Gasteiger partial charge in [-0.3, -0.25) is 9.12 Å². The molecule has 0 aliphatic heterocycles. The van der Waals surface area contributed by atoms with Crippen LogP contribution in [0.15, 0.2) is 36.9 Å². The number of aromatic amines is 1. The van der Waals surface area contributed by atoms with Crippen molar-refractivity contribution in [3.8, 4) is 11.7 Å². The van der Waals surface area contributed by atoms with E-state index >= 15 is 0 Å². The summed E-state index contributed by atoms with van der Waals surface area (Å²) in [7, 11) is -3.67. The van der Waals surface area contributed by atoms with E-state index in [2.05, 4.69) is 35.5 Å². The van der Waals surface area contributed by atoms with Crippen molar-refractivity contribution >= 4 is 27.1 Å². The monoisotopic (exact) mass is 478 g/mol. The fourth-order valence-electron chi connectivity index (χ4n) is 2.71. The van der Waals surface area contributed by atoms with E-state index in [1.165, 1.54) is 0 Å². The zero-order valence-corrected chi connectivity index (χ0v) is 19.1. The van der Waals surface area contributed by atoms with Crippen molar-refractivity contribution in [2.24, 2.45) is 0 Å². The van der Waals surface area contributed by atoms with Gasteiger partial charge < -0.3 is 10.1 Å². The molecule has 0 radical (unpaired) electrons. The van der Waals surface area contributed by atoms with Crippen molar-refractivity contribution in [2.45, 2.75) is 32.9 Å². The average Bonchev–Trinajstić information content (AvgIpc) is 3.33. The number of fused-ring (bicyclic) bond motifs is 1. The van der Waals surface area contributed by atoms with E-state index in [-0.39, 0.29) is 12.1 Å². The lowest BCUT2D eigenvalue weighted by atomic mass is 10.3. The van der Waals surface area contributed by atoms with Crippen LogP contribution in [0.1, 0.15) is 32.6 Å². The van der Waals surface area contributed by atoms with Gasteiger partial charge in [-0.2, -0.15) is 13.5 Å². The third-order valence-electron chi connectivity index (χ3n) is 3.94. The summed E-state index contributed by atoms with van der Waals surface area (Å²) >= 11 is 0. The van der Waals surface area contributed by atoms with Gasteiger partial charge in [0.25, 0.3) is 10.1 Å². The number of aromatic nitrogens is 7. The predicted octanol–water partition coefficient (Wildman–Crippen LogP) is 2.54. The molecule has 0 aliphatic carbocycles. The minimum atomic E-state index is -3.67. The number of anilines is 1. The Bertz CT molecular complexity index is 1310. The Balaban J connectivity index is 0.000000555. The molecular formula is C19H23FN8O4S. The molecule has 3 N–H and O–H groups in total. The number of pyridine rings is 1. The lowest BCUT2D eigenvalue weighted by Gasteiger charge is -2.13. The van der Waals surface area contributed by atoms with Crippen LogP contribution < -0.4 is 10.1 Å². The molecule has 0 fully saturated rings. The summed E-state index contributed by atoms with van der Waals surface area (Å²) in [6.07, 6.45) is 4.69. The molecule has 0 saturated heterocycles. The number of nitrogens with zero attached hydrogens (tertiary/aromatic N) is 6. The molecule has 0 saturated carbocycles. The number of imidazole rings is 1. The van der Waals surface area contributed by atoms with Gasteiger partial charge in [-0.15, -0.1) is 0 Å². The maximum absolute atomic E-state index is 13.0. The van der Waals surface area contributed by atoms with Crippen LogP contribution in [0.25, 0.3) is 17.0 Å². The second-order valence-electron chi connectivity index (χ2n) is 7.27. The topological polar surface area (TPSA) is 161 Å². The summed E-state index contributed by atoms with van der Waals surface area (Å²) in [6.45, 7) is 5.76.